The van der Waals surface area contributed by atoms with Crippen molar-refractivity contribution in [2.24, 2.45) is 0 Å². The number of carbonyl (C=O) groups excluding carboxylic acids is 1. The highest BCUT2D eigenvalue weighted by molar-refractivity contribution is 5.91. The second-order valence-corrected chi connectivity index (χ2v) is 5.62. The molecule has 0 atom stereocenters. The van der Waals surface area contributed by atoms with Crippen molar-refractivity contribution < 1.29 is 22.7 Å². The van der Waals surface area contributed by atoms with Gasteiger partial charge in [0.05, 0.1) is 6.42 Å². The first-order valence-corrected chi connectivity index (χ1v) is 7.54. The third-order valence-electron chi connectivity index (χ3n) is 3.62. The summed E-state index contributed by atoms with van der Waals surface area (Å²) in [4.78, 5) is 12.0. The van der Waals surface area contributed by atoms with Crippen LogP contribution in [0.2, 0.25) is 0 Å². The van der Waals surface area contributed by atoms with E-state index in [1.54, 1.807) is 12.1 Å². The molecular weight excluding hydrogens is 323 g/mol. The van der Waals surface area contributed by atoms with Gasteiger partial charge in [-0.25, -0.2) is 0 Å². The summed E-state index contributed by atoms with van der Waals surface area (Å²) in [6.45, 7) is -0.470. The number of benzene rings is 1. The molecule has 2 heterocycles. The lowest BCUT2D eigenvalue weighted by molar-refractivity contribution is -0.153. The van der Waals surface area contributed by atoms with E-state index in [2.05, 4.69) is 15.2 Å². The normalized spacial score (nSPS) is 13.6. The maximum Gasteiger partial charge on any atom is 0.422 e. The molecule has 0 saturated heterocycles. The van der Waals surface area contributed by atoms with Gasteiger partial charge in [0.15, 0.2) is 12.4 Å². The van der Waals surface area contributed by atoms with Gasteiger partial charge in [-0.15, -0.1) is 0 Å². The van der Waals surface area contributed by atoms with Crippen LogP contribution in [0.3, 0.4) is 0 Å². The second kappa shape index (κ2) is 6.54. The summed E-state index contributed by atoms with van der Waals surface area (Å²) in [5.41, 5.74) is 1.79. The van der Waals surface area contributed by atoms with Crippen LogP contribution in [0.5, 0.6) is 5.75 Å². The lowest BCUT2D eigenvalue weighted by Gasteiger charge is -2.09. The molecule has 5 nitrogen and oxygen atoms in total. The van der Waals surface area contributed by atoms with Crippen LogP contribution in [0.25, 0.3) is 0 Å². The molecule has 0 unspecified atom stereocenters. The minimum Gasteiger partial charge on any atom is -0.484 e. The van der Waals surface area contributed by atoms with Crippen molar-refractivity contribution >= 4 is 11.7 Å². The van der Waals surface area contributed by atoms with Crippen molar-refractivity contribution in [2.75, 3.05) is 11.9 Å². The number of anilines is 1. The van der Waals surface area contributed by atoms with E-state index in [0.29, 0.717) is 11.4 Å². The van der Waals surface area contributed by atoms with Gasteiger partial charge >= 0.3 is 6.18 Å². The number of carbonyl (C=O) groups is 1. The van der Waals surface area contributed by atoms with E-state index in [1.165, 1.54) is 12.1 Å². The molecule has 0 fully saturated rings. The van der Waals surface area contributed by atoms with E-state index in [4.69, 9.17) is 0 Å². The molecule has 2 aromatic rings. The quantitative estimate of drug-likeness (QED) is 0.911. The fourth-order valence-electron chi connectivity index (χ4n) is 2.56. The summed E-state index contributed by atoms with van der Waals surface area (Å²) >= 11 is 0. The molecule has 1 aromatic carbocycles. The van der Waals surface area contributed by atoms with Gasteiger partial charge in [0.2, 0.25) is 5.91 Å². The van der Waals surface area contributed by atoms with Gasteiger partial charge in [-0.1, -0.05) is 12.1 Å². The highest BCUT2D eigenvalue weighted by atomic mass is 19.4. The minimum absolute atomic E-state index is 0.113. The van der Waals surface area contributed by atoms with Crippen molar-refractivity contribution in [3.05, 3.63) is 41.6 Å². The van der Waals surface area contributed by atoms with Crippen LogP contribution in [0.15, 0.2) is 30.3 Å². The van der Waals surface area contributed by atoms with Crippen molar-refractivity contribution in [1.29, 1.82) is 0 Å². The van der Waals surface area contributed by atoms with Gasteiger partial charge in [-0.2, -0.15) is 18.3 Å². The van der Waals surface area contributed by atoms with Crippen molar-refractivity contribution in [2.45, 2.75) is 32.0 Å². The molecular formula is C16H16F3N3O2. The fourth-order valence-corrected chi connectivity index (χ4v) is 2.56. The standard InChI is InChI=1S/C16H16F3N3O2/c17-16(18,19)10-24-13-5-3-11(4-6-13)8-15(23)20-14-9-12-2-1-7-22(12)21-14/h3-6,9H,1-2,7-8,10H2,(H,20,21,23). The number of fused-ring (bicyclic) bond motifs is 1. The Kier molecular flexibility index (Phi) is 4.46. The number of aryl methyl sites for hydroxylation is 2. The van der Waals surface area contributed by atoms with Gasteiger partial charge in [-0.05, 0) is 30.5 Å². The van der Waals surface area contributed by atoms with Gasteiger partial charge in [-0.3, -0.25) is 9.48 Å². The smallest absolute Gasteiger partial charge is 0.422 e. The second-order valence-electron chi connectivity index (χ2n) is 5.62. The van der Waals surface area contributed by atoms with Gasteiger partial charge in [0.1, 0.15) is 5.75 Å². The van der Waals surface area contributed by atoms with Crippen molar-refractivity contribution in [3.63, 3.8) is 0 Å². The SMILES string of the molecule is O=C(Cc1ccc(OCC(F)(F)F)cc1)Nc1cc2n(n1)CCC2. The molecule has 8 heteroatoms. The molecule has 3 rings (SSSR count). The first kappa shape index (κ1) is 16.4. The molecule has 0 radical (unpaired) electrons. The summed E-state index contributed by atoms with van der Waals surface area (Å²) < 4.78 is 42.7. The van der Waals surface area contributed by atoms with Gasteiger partial charge in [0.25, 0.3) is 0 Å². The lowest BCUT2D eigenvalue weighted by Crippen LogP contribution is -2.19. The summed E-state index contributed by atoms with van der Waals surface area (Å²) in [6.07, 6.45) is -2.23. The molecule has 0 spiro atoms. The summed E-state index contributed by atoms with van der Waals surface area (Å²) in [5.74, 6) is 0.414. The molecule has 1 aromatic heterocycles. The van der Waals surface area contributed by atoms with Crippen molar-refractivity contribution in [3.8, 4) is 5.75 Å². The van der Waals surface area contributed by atoms with Gasteiger partial charge < -0.3 is 10.1 Å². The Balaban J connectivity index is 1.52. The van der Waals surface area contributed by atoms with Crippen LogP contribution < -0.4 is 10.1 Å². The number of ether oxygens (including phenoxy) is 1. The highest BCUT2D eigenvalue weighted by Gasteiger charge is 2.28. The first-order valence-electron chi connectivity index (χ1n) is 7.54. The number of nitrogens with one attached hydrogen (secondary N) is 1. The van der Waals surface area contributed by atoms with Crippen LogP contribution in [-0.4, -0.2) is 28.5 Å². The number of halogens is 3. The Hall–Kier alpha value is -2.51. The van der Waals surface area contributed by atoms with Crippen LogP contribution in [0.4, 0.5) is 19.0 Å². The summed E-state index contributed by atoms with van der Waals surface area (Å²) in [7, 11) is 0. The number of rotatable bonds is 5. The number of amides is 1. The van der Waals surface area contributed by atoms with E-state index >= 15 is 0 Å². The third kappa shape index (κ3) is 4.27. The molecule has 0 aliphatic carbocycles. The zero-order valence-corrected chi connectivity index (χ0v) is 12.8. The van der Waals surface area contributed by atoms with E-state index < -0.39 is 12.8 Å². The van der Waals surface area contributed by atoms with Crippen LogP contribution >= 0.6 is 0 Å². The van der Waals surface area contributed by atoms with E-state index in [9.17, 15) is 18.0 Å². The minimum atomic E-state index is -4.37. The topological polar surface area (TPSA) is 56.1 Å². The lowest BCUT2D eigenvalue weighted by atomic mass is 10.1. The Morgan fingerprint density at radius 3 is 2.71 bits per heavy atom. The van der Waals surface area contributed by atoms with E-state index in [-0.39, 0.29) is 18.1 Å². The van der Waals surface area contributed by atoms with Crippen LogP contribution in [-0.2, 0) is 24.2 Å². The monoisotopic (exact) mass is 339 g/mol. The first-order chi connectivity index (χ1) is 11.4. The maximum atomic E-state index is 12.1. The number of nitrogens with zero attached hydrogens (tertiary/aromatic N) is 2. The summed E-state index contributed by atoms with van der Waals surface area (Å²) in [6, 6.07) is 7.83. The number of hydrogen-bond donors (Lipinski definition) is 1. The average Bonchev–Trinajstić information content (AvgIpc) is 3.06. The largest absolute Gasteiger partial charge is 0.484 e. The zero-order valence-electron chi connectivity index (χ0n) is 12.8. The number of aromatic nitrogens is 2. The predicted molar refractivity (Wildman–Crippen MR) is 80.9 cm³/mol. The Morgan fingerprint density at radius 1 is 1.29 bits per heavy atom. The van der Waals surface area contributed by atoms with E-state index in [1.807, 2.05) is 10.7 Å². The predicted octanol–water partition coefficient (Wildman–Crippen LogP) is 2.95. The average molecular weight is 339 g/mol. The number of hydrogen-bond acceptors (Lipinski definition) is 3. The molecule has 24 heavy (non-hydrogen) atoms. The maximum absolute atomic E-state index is 12.1. The molecule has 1 aliphatic rings. The molecule has 128 valence electrons. The molecule has 1 N–H and O–H groups in total. The molecule has 0 bridgehead atoms. The summed E-state index contributed by atoms with van der Waals surface area (Å²) in [5, 5.41) is 7.02. The fraction of sp³-hybridized carbons (Fsp3) is 0.375. The van der Waals surface area contributed by atoms with Crippen LogP contribution in [0, 0.1) is 0 Å². The molecule has 1 aliphatic heterocycles. The zero-order chi connectivity index (χ0) is 17.2. The van der Waals surface area contributed by atoms with E-state index in [0.717, 1.165) is 25.1 Å². The Morgan fingerprint density at radius 2 is 2.04 bits per heavy atom. The Labute approximate surface area is 136 Å². The third-order valence-corrected chi connectivity index (χ3v) is 3.62. The van der Waals surface area contributed by atoms with Gasteiger partial charge in [0, 0.05) is 18.3 Å². The number of alkyl halides is 3. The Bertz CT molecular complexity index is 702. The molecule has 1 amide bonds. The van der Waals surface area contributed by atoms with Crippen LogP contribution in [0.1, 0.15) is 17.7 Å². The van der Waals surface area contributed by atoms with Crippen molar-refractivity contribution in [1.82, 2.24) is 9.78 Å². The molecule has 0 saturated carbocycles. The highest BCUT2D eigenvalue weighted by Crippen LogP contribution is 2.20.